The fraction of sp³-hybridized carbons (Fsp3) is 0.900. The van der Waals surface area contributed by atoms with E-state index in [1.165, 1.54) is 0 Å². The van der Waals surface area contributed by atoms with Crippen molar-refractivity contribution in [3.63, 3.8) is 0 Å². The summed E-state index contributed by atoms with van der Waals surface area (Å²) < 4.78 is 23.0. The number of ether oxygens (including phenoxy) is 4. The smallest absolute Gasteiger partial charge is 0.228 e. The molecule has 0 aromatic rings. The second-order valence-corrected chi connectivity index (χ2v) is 13.5. The van der Waals surface area contributed by atoms with Crippen LogP contribution in [-0.2, 0) is 23.7 Å². The van der Waals surface area contributed by atoms with Gasteiger partial charge in [0.25, 0.3) is 0 Å². The lowest BCUT2D eigenvalue weighted by molar-refractivity contribution is -0.308. The van der Waals surface area contributed by atoms with E-state index in [1.807, 2.05) is 13.8 Å². The van der Waals surface area contributed by atoms with Gasteiger partial charge in [-0.15, -0.1) is 0 Å². The number of carbonyl (C=O) groups is 1. The first-order chi connectivity index (χ1) is 21.4. The van der Waals surface area contributed by atoms with Gasteiger partial charge in [-0.25, -0.2) is 0 Å². The third-order valence-corrected chi connectivity index (χ3v) is 8.90. The Morgan fingerprint density at radius 2 is 1.65 bits per heavy atom. The van der Waals surface area contributed by atoms with Crippen LogP contribution in [0.3, 0.4) is 0 Å². The Balaban J connectivity index is 1.92. The lowest BCUT2D eigenvalue weighted by Gasteiger charge is -2.47. The molecule has 46 heavy (non-hydrogen) atoms. The van der Waals surface area contributed by atoms with Crippen molar-refractivity contribution >= 4 is 5.91 Å². The summed E-state index contributed by atoms with van der Waals surface area (Å²) in [5.41, 5.74) is 5.98. The second kappa shape index (κ2) is 16.4. The van der Waals surface area contributed by atoms with Crippen molar-refractivity contribution in [2.24, 2.45) is 23.5 Å². The summed E-state index contributed by atoms with van der Waals surface area (Å²) in [7, 11) is 0. The molecule has 0 radical (unpaired) electrons. The van der Waals surface area contributed by atoms with Gasteiger partial charge in [0, 0.05) is 19.3 Å². The van der Waals surface area contributed by atoms with Crippen LogP contribution in [0.2, 0.25) is 0 Å². The average molecular weight is 667 g/mol. The molecule has 0 aromatic heterocycles. The molecular formula is C30H54N2O14. The zero-order valence-electron chi connectivity index (χ0n) is 26.9. The van der Waals surface area contributed by atoms with Gasteiger partial charge in [-0.1, -0.05) is 39.8 Å². The number of amides is 1. The summed E-state index contributed by atoms with van der Waals surface area (Å²) >= 11 is 0. The fourth-order valence-corrected chi connectivity index (χ4v) is 5.96. The van der Waals surface area contributed by atoms with Gasteiger partial charge in [0.2, 0.25) is 5.91 Å². The normalized spacial score (nSPS) is 43.6. The zero-order valence-corrected chi connectivity index (χ0v) is 26.9. The number of aliphatic hydroxyl groups excluding tert-OH is 8. The van der Waals surface area contributed by atoms with Gasteiger partial charge in [-0.05, 0) is 18.8 Å². The van der Waals surface area contributed by atoms with Crippen LogP contribution >= 0.6 is 0 Å². The minimum atomic E-state index is -2.07. The van der Waals surface area contributed by atoms with Crippen molar-refractivity contribution in [1.82, 2.24) is 5.32 Å². The number of nitrogens with two attached hydrogens (primary N) is 1. The monoisotopic (exact) mass is 666 g/mol. The Bertz CT molecular complexity index is 1000. The number of nitrogens with one attached hydrogen (secondary N) is 1. The Labute approximate surface area is 268 Å². The number of hydrogen-bond acceptors (Lipinski definition) is 15. The highest BCUT2D eigenvalue weighted by Crippen LogP contribution is 2.38. The third-order valence-electron chi connectivity index (χ3n) is 8.90. The van der Waals surface area contributed by atoms with Crippen molar-refractivity contribution in [1.29, 1.82) is 0 Å². The van der Waals surface area contributed by atoms with Crippen LogP contribution in [0.1, 0.15) is 53.9 Å². The largest absolute Gasteiger partial charge is 0.394 e. The van der Waals surface area contributed by atoms with Crippen molar-refractivity contribution in [2.45, 2.75) is 145 Å². The van der Waals surface area contributed by atoms with Gasteiger partial charge < -0.3 is 76.0 Å². The van der Waals surface area contributed by atoms with E-state index in [4.69, 9.17) is 24.7 Å². The minimum absolute atomic E-state index is 0.0323. The predicted molar refractivity (Wildman–Crippen MR) is 159 cm³/mol. The van der Waals surface area contributed by atoms with E-state index in [-0.39, 0.29) is 24.7 Å². The maximum absolute atomic E-state index is 13.7. The number of aliphatic hydroxyl groups is 9. The molecule has 0 spiro atoms. The van der Waals surface area contributed by atoms with Gasteiger partial charge in [-0.3, -0.25) is 4.79 Å². The fourth-order valence-electron chi connectivity index (χ4n) is 5.96. The number of allylic oxidation sites excluding steroid dienone is 1. The zero-order chi connectivity index (χ0) is 34.7. The maximum atomic E-state index is 13.7. The molecule has 12 N–H and O–H groups in total. The summed E-state index contributed by atoms with van der Waals surface area (Å²) in [6.45, 7) is 8.12. The predicted octanol–water partition coefficient (Wildman–Crippen LogP) is -3.45. The highest BCUT2D eigenvalue weighted by molar-refractivity contribution is 5.80. The van der Waals surface area contributed by atoms with E-state index < -0.39 is 116 Å². The first-order valence-electron chi connectivity index (χ1n) is 15.9. The lowest BCUT2D eigenvalue weighted by Crippen LogP contribution is -2.66. The van der Waals surface area contributed by atoms with Crippen LogP contribution in [0.25, 0.3) is 0 Å². The molecule has 16 nitrogen and oxygen atoms in total. The molecule has 16 atom stereocenters. The molecule has 3 heterocycles. The van der Waals surface area contributed by atoms with E-state index in [0.29, 0.717) is 0 Å². The Morgan fingerprint density at radius 3 is 2.24 bits per heavy atom. The Morgan fingerprint density at radius 1 is 1.00 bits per heavy atom. The van der Waals surface area contributed by atoms with E-state index in [2.05, 4.69) is 5.32 Å². The van der Waals surface area contributed by atoms with Crippen LogP contribution in [0.15, 0.2) is 12.2 Å². The lowest BCUT2D eigenvalue weighted by atomic mass is 9.81. The molecule has 16 heteroatoms. The van der Waals surface area contributed by atoms with Gasteiger partial charge in [0.15, 0.2) is 18.4 Å². The average Bonchev–Trinajstić information content (AvgIpc) is 2.96. The first kappa shape index (κ1) is 39.1. The molecule has 268 valence electrons. The van der Waals surface area contributed by atoms with Crippen LogP contribution in [0, 0.1) is 17.8 Å². The molecular weight excluding hydrogens is 612 g/mol. The van der Waals surface area contributed by atoms with Crippen LogP contribution in [0.5, 0.6) is 0 Å². The Kier molecular flexibility index (Phi) is 13.9. The van der Waals surface area contributed by atoms with Crippen molar-refractivity contribution in [3.8, 4) is 0 Å². The van der Waals surface area contributed by atoms with E-state index in [9.17, 15) is 50.8 Å². The molecule has 1 amide bonds. The molecule has 0 saturated carbocycles. The third kappa shape index (κ3) is 9.41. The summed E-state index contributed by atoms with van der Waals surface area (Å²) in [6.07, 6.45) is -13.7. The molecule has 0 aliphatic carbocycles. The van der Waals surface area contributed by atoms with Crippen LogP contribution in [-0.4, -0.2) is 150 Å². The molecule has 3 saturated heterocycles. The molecule has 3 aliphatic rings. The second-order valence-electron chi connectivity index (χ2n) is 13.5. The highest BCUT2D eigenvalue weighted by atomic mass is 16.7. The maximum Gasteiger partial charge on any atom is 0.228 e. The van der Waals surface area contributed by atoms with Crippen LogP contribution < -0.4 is 11.1 Å². The van der Waals surface area contributed by atoms with Gasteiger partial charge in [0.1, 0.15) is 30.5 Å². The summed E-state index contributed by atoms with van der Waals surface area (Å²) in [4.78, 5) is 13.7. The summed E-state index contributed by atoms with van der Waals surface area (Å²) in [5.74, 6) is -4.68. The van der Waals surface area contributed by atoms with E-state index in [1.54, 1.807) is 32.9 Å². The standard InChI is InChI=1S/C30H54N2O14/c1-12(2)6-7-15(44-29-25(38)21(31)23(36)14(5)43-29)8-18-20(17(35)10-30(42,46-18)9-16(34)13(3)4)27(40)32-22-26(39)24(37)19(11-33)45-28(22)41/h6-7,12-26,28-29,33-39,41-42H,8-11,31H2,1-5H3,(H,32,40)/b7-6+/t14?,15-,16+,17-,18?,19?,20+,21?,22?,23?,24?,25?,26?,28?,29?,30+/m0/s1. The Hall–Kier alpha value is -1.35. The molecule has 11 unspecified atom stereocenters. The van der Waals surface area contributed by atoms with E-state index >= 15 is 0 Å². The molecule has 0 aromatic carbocycles. The highest BCUT2D eigenvalue weighted by Gasteiger charge is 2.52. The molecule has 3 fully saturated rings. The molecule has 3 rings (SSSR count). The quantitative estimate of drug-likeness (QED) is 0.0904. The summed E-state index contributed by atoms with van der Waals surface area (Å²) in [6, 6.07) is -2.65. The molecule has 3 aliphatic heterocycles. The number of rotatable bonds is 12. The minimum Gasteiger partial charge on any atom is -0.394 e. The van der Waals surface area contributed by atoms with E-state index in [0.717, 1.165) is 0 Å². The molecule has 0 bridgehead atoms. The van der Waals surface area contributed by atoms with Crippen molar-refractivity contribution < 1.29 is 69.7 Å². The number of hydrogen-bond donors (Lipinski definition) is 11. The SMILES string of the molecule is CC(C)/C=C/[C@@H](CC1O[C@](O)(C[C@@H](O)C(C)C)C[C@H](O)[C@H]1C(=O)NC1C(O)OC(CO)C(O)C1O)OC1OC(C)C(O)C(N)C1O. The van der Waals surface area contributed by atoms with Crippen molar-refractivity contribution in [2.75, 3.05) is 6.61 Å². The van der Waals surface area contributed by atoms with Gasteiger partial charge >= 0.3 is 0 Å². The van der Waals surface area contributed by atoms with Gasteiger partial charge in [-0.2, -0.15) is 0 Å². The van der Waals surface area contributed by atoms with Crippen LogP contribution in [0.4, 0.5) is 0 Å². The van der Waals surface area contributed by atoms with Gasteiger partial charge in [0.05, 0.1) is 55.2 Å². The topological polar surface area (TPSA) is 274 Å². The van der Waals surface area contributed by atoms with Crippen molar-refractivity contribution in [3.05, 3.63) is 12.2 Å². The summed E-state index contributed by atoms with van der Waals surface area (Å²) in [5, 5.41) is 97.3. The number of carbonyl (C=O) groups excluding carboxylic acids is 1. The first-order valence-corrected chi connectivity index (χ1v) is 15.9.